The fraction of sp³-hybridized carbons (Fsp3) is 0.526. The van der Waals surface area contributed by atoms with Gasteiger partial charge in [0.25, 0.3) is 0 Å². The van der Waals surface area contributed by atoms with Crippen molar-refractivity contribution in [3.63, 3.8) is 0 Å². The molecule has 0 unspecified atom stereocenters. The number of hydrogen-bond donors (Lipinski definition) is 1. The Labute approximate surface area is 148 Å². The highest BCUT2D eigenvalue weighted by Crippen LogP contribution is 2.27. The molecule has 0 bridgehead atoms. The molecule has 0 radical (unpaired) electrons. The Morgan fingerprint density at radius 3 is 3.00 bits per heavy atom. The van der Waals surface area contributed by atoms with E-state index in [0.717, 1.165) is 50.7 Å². The lowest BCUT2D eigenvalue weighted by Gasteiger charge is -2.27. The molecule has 134 valence electrons. The average molecular weight is 342 g/mol. The highest BCUT2D eigenvalue weighted by Gasteiger charge is 2.22. The molecule has 1 aromatic carbocycles. The minimum absolute atomic E-state index is 0.529. The number of rotatable bonds is 5. The van der Waals surface area contributed by atoms with Crippen molar-refractivity contribution < 1.29 is 9.84 Å². The second kappa shape index (κ2) is 6.78. The lowest BCUT2D eigenvalue weighted by molar-refractivity contribution is 0.133. The monoisotopic (exact) mass is 342 g/mol. The molecular weight excluding hydrogens is 316 g/mol. The van der Waals surface area contributed by atoms with E-state index in [4.69, 9.17) is 4.74 Å². The van der Waals surface area contributed by atoms with Gasteiger partial charge >= 0.3 is 0 Å². The number of likely N-dealkylation sites (N-methyl/N-ethyl adjacent to an activating group) is 1. The van der Waals surface area contributed by atoms with E-state index >= 15 is 0 Å². The molecule has 2 aromatic rings. The van der Waals surface area contributed by atoms with E-state index < -0.39 is 6.10 Å². The van der Waals surface area contributed by atoms with Gasteiger partial charge in [-0.2, -0.15) is 5.10 Å². The number of aliphatic hydroxyl groups is 1. The Hall–Kier alpha value is -1.89. The molecule has 25 heavy (non-hydrogen) atoms. The van der Waals surface area contributed by atoms with Crippen molar-refractivity contribution in [3.8, 4) is 5.75 Å². The van der Waals surface area contributed by atoms with Crippen LogP contribution in [-0.2, 0) is 26.1 Å². The number of hydrogen-bond acceptors (Lipinski definition) is 5. The lowest BCUT2D eigenvalue weighted by Crippen LogP contribution is -2.33. The lowest BCUT2D eigenvalue weighted by atomic mass is 10.1. The third-order valence-electron chi connectivity index (χ3n) is 4.94. The molecule has 6 heteroatoms. The van der Waals surface area contributed by atoms with E-state index in [9.17, 15) is 5.11 Å². The van der Waals surface area contributed by atoms with Crippen LogP contribution >= 0.6 is 0 Å². The highest BCUT2D eigenvalue weighted by molar-refractivity contribution is 5.39. The van der Waals surface area contributed by atoms with Gasteiger partial charge in [-0.05, 0) is 37.4 Å². The molecule has 0 spiro atoms. The predicted octanol–water partition coefficient (Wildman–Crippen LogP) is 1.43. The number of fused-ring (bicyclic) bond motifs is 2. The van der Waals surface area contributed by atoms with Gasteiger partial charge in [0.15, 0.2) is 0 Å². The summed E-state index contributed by atoms with van der Waals surface area (Å²) in [5.74, 6) is 1.04. The average Bonchev–Trinajstić information content (AvgIpc) is 3.19. The molecule has 2 aliphatic heterocycles. The maximum Gasteiger partial charge on any atom is 0.122 e. The van der Waals surface area contributed by atoms with Crippen molar-refractivity contribution in [2.24, 2.45) is 0 Å². The van der Waals surface area contributed by atoms with Crippen LogP contribution in [-0.4, -0.2) is 58.5 Å². The number of benzene rings is 1. The van der Waals surface area contributed by atoms with Gasteiger partial charge in [-0.1, -0.05) is 12.1 Å². The second-order valence-corrected chi connectivity index (χ2v) is 7.31. The van der Waals surface area contributed by atoms with Crippen LogP contribution in [0.5, 0.6) is 5.75 Å². The van der Waals surface area contributed by atoms with Crippen molar-refractivity contribution in [2.45, 2.75) is 32.2 Å². The zero-order valence-electron chi connectivity index (χ0n) is 15.0. The van der Waals surface area contributed by atoms with E-state index in [0.29, 0.717) is 6.54 Å². The third-order valence-corrected chi connectivity index (χ3v) is 4.94. The van der Waals surface area contributed by atoms with Gasteiger partial charge in [-0.3, -0.25) is 9.58 Å². The van der Waals surface area contributed by atoms with E-state index in [1.54, 1.807) is 0 Å². The minimum Gasteiger partial charge on any atom is -0.493 e. The normalized spacial score (nSPS) is 18.1. The summed E-state index contributed by atoms with van der Waals surface area (Å²) in [6.45, 7) is 5.06. The van der Waals surface area contributed by atoms with Crippen LogP contribution in [0, 0.1) is 0 Å². The summed E-state index contributed by atoms with van der Waals surface area (Å²) in [5, 5.41) is 14.9. The fourth-order valence-electron chi connectivity index (χ4n) is 3.68. The number of ether oxygens (including phenoxy) is 1. The van der Waals surface area contributed by atoms with Gasteiger partial charge in [0.1, 0.15) is 11.9 Å². The predicted molar refractivity (Wildman–Crippen MR) is 95.5 cm³/mol. The van der Waals surface area contributed by atoms with Crippen LogP contribution in [0.1, 0.15) is 28.6 Å². The van der Waals surface area contributed by atoms with Crippen LogP contribution in [0.15, 0.2) is 24.3 Å². The summed E-state index contributed by atoms with van der Waals surface area (Å²) >= 11 is 0. The van der Waals surface area contributed by atoms with Gasteiger partial charge < -0.3 is 14.7 Å². The molecule has 1 N–H and O–H groups in total. The summed E-state index contributed by atoms with van der Waals surface area (Å²) in [6.07, 6.45) is 0.488. The van der Waals surface area contributed by atoms with Gasteiger partial charge in [0, 0.05) is 32.6 Å². The molecule has 3 heterocycles. The molecule has 6 nitrogen and oxygen atoms in total. The molecule has 0 amide bonds. The Morgan fingerprint density at radius 2 is 2.16 bits per heavy atom. The first-order valence-electron chi connectivity index (χ1n) is 8.95. The Balaban J connectivity index is 1.43. The van der Waals surface area contributed by atoms with Gasteiger partial charge in [-0.15, -0.1) is 0 Å². The van der Waals surface area contributed by atoms with Crippen LogP contribution < -0.4 is 4.74 Å². The van der Waals surface area contributed by atoms with Crippen molar-refractivity contribution >= 4 is 0 Å². The van der Waals surface area contributed by atoms with Crippen LogP contribution in [0.2, 0.25) is 0 Å². The first kappa shape index (κ1) is 16.6. The maximum absolute atomic E-state index is 10.3. The van der Waals surface area contributed by atoms with Crippen LogP contribution in [0.25, 0.3) is 0 Å². The smallest absolute Gasteiger partial charge is 0.122 e. The summed E-state index contributed by atoms with van der Waals surface area (Å²) in [6, 6.07) is 8.60. The van der Waals surface area contributed by atoms with E-state index in [2.05, 4.69) is 34.3 Å². The Kier molecular flexibility index (Phi) is 4.50. The van der Waals surface area contributed by atoms with Crippen LogP contribution in [0.4, 0.5) is 0 Å². The van der Waals surface area contributed by atoms with Crippen molar-refractivity contribution in [1.29, 1.82) is 0 Å². The van der Waals surface area contributed by atoms with E-state index in [-0.39, 0.29) is 0 Å². The zero-order valence-corrected chi connectivity index (χ0v) is 15.0. The van der Waals surface area contributed by atoms with Crippen molar-refractivity contribution in [1.82, 2.24) is 19.6 Å². The second-order valence-electron chi connectivity index (χ2n) is 7.31. The molecular formula is C19H26N4O2. The third kappa shape index (κ3) is 3.56. The van der Waals surface area contributed by atoms with Crippen molar-refractivity contribution in [3.05, 3.63) is 46.8 Å². The molecule has 0 saturated carbocycles. The Morgan fingerprint density at radius 1 is 1.28 bits per heavy atom. The Bertz CT molecular complexity index is 756. The first-order chi connectivity index (χ1) is 12.1. The number of aromatic nitrogens is 2. The largest absolute Gasteiger partial charge is 0.493 e. The van der Waals surface area contributed by atoms with Crippen LogP contribution in [0.3, 0.4) is 0 Å². The molecule has 1 atom stereocenters. The first-order valence-corrected chi connectivity index (χ1v) is 8.95. The topological polar surface area (TPSA) is 53.8 Å². The quantitative estimate of drug-likeness (QED) is 0.891. The summed E-state index contributed by atoms with van der Waals surface area (Å²) < 4.78 is 7.63. The highest BCUT2D eigenvalue weighted by atomic mass is 16.5. The fourth-order valence-corrected chi connectivity index (χ4v) is 3.68. The maximum atomic E-state index is 10.3. The van der Waals surface area contributed by atoms with Gasteiger partial charge in [0.2, 0.25) is 0 Å². The molecule has 1 aromatic heterocycles. The number of nitrogens with zero attached hydrogens (tertiary/aromatic N) is 4. The standard InChI is InChI=1S/C19H26N4O2/c1-21(2)13-18(24)17-10-16-12-22(6-7-23(16)20-17)11-14-3-4-19-15(9-14)5-8-25-19/h3-4,9-10,18,24H,5-8,11-13H2,1-2H3/t18-/m1/s1. The summed E-state index contributed by atoms with van der Waals surface area (Å²) in [4.78, 5) is 4.42. The number of aliphatic hydroxyl groups excluding tert-OH is 1. The molecule has 2 aliphatic rings. The van der Waals surface area contributed by atoms with Gasteiger partial charge in [0.05, 0.1) is 24.5 Å². The molecule has 0 fully saturated rings. The van der Waals surface area contributed by atoms with E-state index in [1.807, 2.05) is 23.7 Å². The zero-order chi connectivity index (χ0) is 17.4. The summed E-state index contributed by atoms with van der Waals surface area (Å²) in [5.41, 5.74) is 4.63. The summed E-state index contributed by atoms with van der Waals surface area (Å²) in [7, 11) is 3.92. The SMILES string of the molecule is CN(C)C[C@@H](O)c1cc2n(n1)CCN(Cc1ccc3c(c1)CCO3)C2. The molecule has 4 rings (SSSR count). The molecule has 0 aliphatic carbocycles. The van der Waals surface area contributed by atoms with E-state index in [1.165, 1.54) is 16.8 Å². The van der Waals surface area contributed by atoms with Crippen molar-refractivity contribution in [2.75, 3.05) is 33.8 Å². The molecule has 0 saturated heterocycles. The minimum atomic E-state index is -0.529. The van der Waals surface area contributed by atoms with Gasteiger partial charge in [-0.25, -0.2) is 0 Å².